The summed E-state index contributed by atoms with van der Waals surface area (Å²) in [5, 5.41) is 2.62. The van der Waals surface area contributed by atoms with Gasteiger partial charge in [-0.15, -0.1) is 0 Å². The van der Waals surface area contributed by atoms with Crippen LogP contribution in [0.3, 0.4) is 0 Å². The van der Waals surface area contributed by atoms with E-state index in [1.165, 1.54) is 38.5 Å². The third kappa shape index (κ3) is 1.61. The second kappa shape index (κ2) is 4.14. The number of hydrogen-bond acceptors (Lipinski definition) is 1. The molecule has 0 saturated heterocycles. The van der Waals surface area contributed by atoms with Crippen LogP contribution in [0.4, 0.5) is 0 Å². The molecule has 1 heterocycles. The van der Waals surface area contributed by atoms with Crippen molar-refractivity contribution in [1.29, 1.82) is 0 Å². The highest BCUT2D eigenvalue weighted by Crippen LogP contribution is 2.29. The summed E-state index contributed by atoms with van der Waals surface area (Å²) in [5.74, 6) is 0. The molecule has 0 unspecified atom stereocenters. The van der Waals surface area contributed by atoms with Gasteiger partial charge in [0.15, 0.2) is 0 Å². The Labute approximate surface area is 107 Å². The van der Waals surface area contributed by atoms with Crippen molar-refractivity contribution in [3.63, 3.8) is 0 Å². The number of aromatic nitrogens is 1. The molecule has 0 spiro atoms. The van der Waals surface area contributed by atoms with E-state index in [2.05, 4.69) is 49.2 Å². The first-order valence-corrected chi connectivity index (χ1v) is 6.41. The lowest BCUT2D eigenvalue weighted by molar-refractivity contribution is 0.961. The monoisotopic (exact) mass is 238 g/mol. The number of nitrogens with one attached hydrogen (secondary N) is 1. The van der Waals surface area contributed by atoms with Gasteiger partial charge in [0.25, 0.3) is 0 Å². The first kappa shape index (κ1) is 11.3. The fourth-order valence-corrected chi connectivity index (χ4v) is 2.69. The summed E-state index contributed by atoms with van der Waals surface area (Å²) in [6, 6.07) is 11.0. The van der Waals surface area contributed by atoms with Crippen molar-refractivity contribution < 1.29 is 0 Å². The molecule has 3 rings (SSSR count). The molecular weight excluding hydrogens is 220 g/mol. The van der Waals surface area contributed by atoms with Gasteiger partial charge in [-0.2, -0.15) is 0 Å². The number of hydrogen-bond donors (Lipinski definition) is 2. The Bertz CT molecular complexity index is 723. The molecule has 0 fully saturated rings. The van der Waals surface area contributed by atoms with Gasteiger partial charge in [-0.1, -0.05) is 23.8 Å². The maximum absolute atomic E-state index is 5.66. The Morgan fingerprint density at radius 3 is 2.67 bits per heavy atom. The Morgan fingerprint density at radius 2 is 1.89 bits per heavy atom. The highest BCUT2D eigenvalue weighted by molar-refractivity contribution is 6.08. The quantitative estimate of drug-likeness (QED) is 0.705. The first-order chi connectivity index (χ1) is 8.70. The van der Waals surface area contributed by atoms with Gasteiger partial charge in [-0.05, 0) is 50.1 Å². The topological polar surface area (TPSA) is 41.8 Å². The van der Waals surface area contributed by atoms with E-state index in [1.54, 1.807) is 0 Å². The van der Waals surface area contributed by atoms with E-state index in [4.69, 9.17) is 5.73 Å². The molecule has 3 aromatic rings. The zero-order valence-electron chi connectivity index (χ0n) is 10.9. The smallest absolute Gasteiger partial charge is 0.0497 e. The largest absolute Gasteiger partial charge is 0.354 e. The van der Waals surface area contributed by atoms with Gasteiger partial charge >= 0.3 is 0 Å². The number of aromatic amines is 1. The summed E-state index contributed by atoms with van der Waals surface area (Å²) in [6.45, 7) is 5.01. The lowest BCUT2D eigenvalue weighted by Gasteiger charge is -2.05. The van der Waals surface area contributed by atoms with Crippen molar-refractivity contribution in [2.45, 2.75) is 20.3 Å². The Morgan fingerprint density at radius 1 is 1.06 bits per heavy atom. The predicted octanol–water partition coefficient (Wildman–Crippen LogP) is 3.44. The summed E-state index contributed by atoms with van der Waals surface area (Å²) < 4.78 is 0. The second-order valence-corrected chi connectivity index (χ2v) is 4.98. The standard InChI is InChI=1S/C16H18N2/c1-10-3-6-15-14(9-10)13-5-4-12(7-8-17)11(2)16(13)18-15/h3-6,9,18H,7-8,17H2,1-2H3. The van der Waals surface area contributed by atoms with E-state index in [1.807, 2.05) is 0 Å². The molecule has 2 heteroatoms. The van der Waals surface area contributed by atoms with E-state index in [0.29, 0.717) is 6.54 Å². The maximum Gasteiger partial charge on any atom is 0.0497 e. The van der Waals surface area contributed by atoms with Crippen LogP contribution >= 0.6 is 0 Å². The number of fused-ring (bicyclic) bond motifs is 3. The second-order valence-electron chi connectivity index (χ2n) is 4.98. The van der Waals surface area contributed by atoms with Crippen LogP contribution in [-0.4, -0.2) is 11.5 Å². The highest BCUT2D eigenvalue weighted by atomic mass is 14.7. The molecule has 92 valence electrons. The van der Waals surface area contributed by atoms with Crippen molar-refractivity contribution in [1.82, 2.24) is 4.98 Å². The van der Waals surface area contributed by atoms with Crippen LogP contribution in [0.25, 0.3) is 21.8 Å². The summed E-state index contributed by atoms with van der Waals surface area (Å²) in [6.07, 6.45) is 0.941. The minimum absolute atomic E-state index is 0.700. The van der Waals surface area contributed by atoms with E-state index in [-0.39, 0.29) is 0 Å². The molecule has 3 N–H and O–H groups in total. The molecule has 0 atom stereocenters. The van der Waals surface area contributed by atoms with Gasteiger partial charge in [0, 0.05) is 21.8 Å². The van der Waals surface area contributed by atoms with Crippen molar-refractivity contribution in [3.8, 4) is 0 Å². The van der Waals surface area contributed by atoms with Crippen LogP contribution in [0.15, 0.2) is 30.3 Å². The van der Waals surface area contributed by atoms with Crippen molar-refractivity contribution in [2.75, 3.05) is 6.54 Å². The van der Waals surface area contributed by atoms with E-state index < -0.39 is 0 Å². The molecule has 0 aliphatic rings. The molecule has 0 aliphatic carbocycles. The van der Waals surface area contributed by atoms with Gasteiger partial charge in [-0.3, -0.25) is 0 Å². The van der Waals surface area contributed by atoms with E-state index >= 15 is 0 Å². The minimum atomic E-state index is 0.700. The molecule has 0 bridgehead atoms. The Kier molecular flexibility index (Phi) is 2.60. The van der Waals surface area contributed by atoms with Crippen LogP contribution in [0.5, 0.6) is 0 Å². The molecular formula is C16H18N2. The van der Waals surface area contributed by atoms with Crippen molar-refractivity contribution >= 4 is 21.8 Å². The zero-order valence-corrected chi connectivity index (χ0v) is 10.9. The number of aryl methyl sites for hydroxylation is 2. The van der Waals surface area contributed by atoms with Gasteiger partial charge in [0.05, 0.1) is 0 Å². The SMILES string of the molecule is Cc1ccc2[nH]c3c(C)c(CCN)ccc3c2c1. The molecule has 0 saturated carbocycles. The molecule has 18 heavy (non-hydrogen) atoms. The lowest BCUT2D eigenvalue weighted by Crippen LogP contribution is -2.04. The zero-order chi connectivity index (χ0) is 12.7. The summed E-state index contributed by atoms with van der Waals surface area (Å²) >= 11 is 0. The van der Waals surface area contributed by atoms with Gasteiger partial charge in [0.2, 0.25) is 0 Å². The number of nitrogens with two attached hydrogens (primary N) is 1. The predicted molar refractivity (Wildman–Crippen MR) is 78.0 cm³/mol. The molecule has 2 nitrogen and oxygen atoms in total. The maximum atomic E-state index is 5.66. The third-order valence-electron chi connectivity index (χ3n) is 3.72. The fourth-order valence-electron chi connectivity index (χ4n) is 2.69. The van der Waals surface area contributed by atoms with Crippen LogP contribution in [-0.2, 0) is 6.42 Å². The number of rotatable bonds is 2. The lowest BCUT2D eigenvalue weighted by atomic mass is 10.0. The Hall–Kier alpha value is -1.80. The normalized spacial score (nSPS) is 11.5. The summed E-state index contributed by atoms with van der Waals surface area (Å²) in [7, 11) is 0. The van der Waals surface area contributed by atoms with Crippen molar-refractivity contribution in [3.05, 3.63) is 47.0 Å². The molecule has 1 aromatic heterocycles. The van der Waals surface area contributed by atoms with Crippen LogP contribution in [0.1, 0.15) is 16.7 Å². The van der Waals surface area contributed by atoms with Gasteiger partial charge in [-0.25, -0.2) is 0 Å². The average Bonchev–Trinajstić information content (AvgIpc) is 2.72. The fraction of sp³-hybridized carbons (Fsp3) is 0.250. The molecule has 0 amide bonds. The third-order valence-corrected chi connectivity index (χ3v) is 3.72. The molecule has 0 aliphatic heterocycles. The summed E-state index contributed by atoms with van der Waals surface area (Å²) in [4.78, 5) is 3.53. The van der Waals surface area contributed by atoms with Crippen molar-refractivity contribution in [2.24, 2.45) is 5.73 Å². The van der Waals surface area contributed by atoms with Crippen LogP contribution in [0, 0.1) is 13.8 Å². The average molecular weight is 238 g/mol. The number of H-pyrrole nitrogens is 1. The summed E-state index contributed by atoms with van der Waals surface area (Å²) in [5.41, 5.74) is 12.1. The first-order valence-electron chi connectivity index (χ1n) is 6.41. The highest BCUT2D eigenvalue weighted by Gasteiger charge is 2.08. The van der Waals surface area contributed by atoms with Gasteiger partial charge < -0.3 is 10.7 Å². The number of benzene rings is 2. The minimum Gasteiger partial charge on any atom is -0.354 e. The van der Waals surface area contributed by atoms with Crippen LogP contribution < -0.4 is 5.73 Å². The van der Waals surface area contributed by atoms with Gasteiger partial charge in [0.1, 0.15) is 0 Å². The van der Waals surface area contributed by atoms with E-state index in [9.17, 15) is 0 Å². The Balaban J connectivity index is 2.36. The molecule has 2 aromatic carbocycles. The van der Waals surface area contributed by atoms with Crippen LogP contribution in [0.2, 0.25) is 0 Å². The molecule has 0 radical (unpaired) electrons. The van der Waals surface area contributed by atoms with E-state index in [0.717, 1.165) is 6.42 Å².